The van der Waals surface area contributed by atoms with Gasteiger partial charge in [-0.15, -0.1) is 24.8 Å². The molecule has 1 saturated heterocycles. The molecular weight excluding hydrogens is 290 g/mol. The molecule has 1 N–H and O–H groups in total. The predicted octanol–water partition coefficient (Wildman–Crippen LogP) is 2.64. The summed E-state index contributed by atoms with van der Waals surface area (Å²) in [6, 6.07) is 5.05. The number of methoxy groups -OCH3 is 1. The number of rotatable bonds is 3. The second-order valence-corrected chi connectivity index (χ2v) is 4.32. The van der Waals surface area contributed by atoms with Crippen molar-refractivity contribution in [3.63, 3.8) is 0 Å². The molecule has 1 aromatic carbocycles. The highest BCUT2D eigenvalue weighted by atomic mass is 35.5. The van der Waals surface area contributed by atoms with Gasteiger partial charge in [-0.3, -0.25) is 4.90 Å². The second kappa shape index (κ2) is 8.59. The minimum Gasteiger partial charge on any atom is -0.496 e. The lowest BCUT2D eigenvalue weighted by atomic mass is 10.0. The molecule has 6 heteroatoms. The van der Waals surface area contributed by atoms with Crippen LogP contribution in [-0.4, -0.2) is 38.2 Å². The summed E-state index contributed by atoms with van der Waals surface area (Å²) in [5, 5.41) is 3.30. The van der Waals surface area contributed by atoms with Crippen LogP contribution in [0.1, 0.15) is 18.5 Å². The van der Waals surface area contributed by atoms with Gasteiger partial charge in [0.1, 0.15) is 11.6 Å². The monoisotopic (exact) mass is 310 g/mol. The smallest absolute Gasteiger partial charge is 0.131 e. The third-order valence-electron chi connectivity index (χ3n) is 3.35. The van der Waals surface area contributed by atoms with Crippen molar-refractivity contribution >= 4 is 24.8 Å². The number of piperazine rings is 1. The van der Waals surface area contributed by atoms with Gasteiger partial charge in [-0.1, -0.05) is 6.07 Å². The molecule has 0 unspecified atom stereocenters. The van der Waals surface area contributed by atoms with Crippen molar-refractivity contribution in [2.75, 3.05) is 33.3 Å². The molecule has 1 fully saturated rings. The summed E-state index contributed by atoms with van der Waals surface area (Å²) in [5.41, 5.74) is 0.664. The van der Waals surface area contributed by atoms with E-state index in [1.165, 1.54) is 6.07 Å². The number of nitrogens with zero attached hydrogens (tertiary/aromatic N) is 1. The Bertz CT molecular complexity index is 387. The van der Waals surface area contributed by atoms with E-state index >= 15 is 0 Å². The first-order valence-electron chi connectivity index (χ1n) is 6.01. The Morgan fingerprint density at radius 1 is 1.26 bits per heavy atom. The summed E-state index contributed by atoms with van der Waals surface area (Å²) in [6.07, 6.45) is 0. The zero-order valence-corrected chi connectivity index (χ0v) is 12.8. The second-order valence-electron chi connectivity index (χ2n) is 4.32. The van der Waals surface area contributed by atoms with Gasteiger partial charge in [0.2, 0.25) is 0 Å². The summed E-state index contributed by atoms with van der Waals surface area (Å²) >= 11 is 0. The zero-order valence-electron chi connectivity index (χ0n) is 11.2. The van der Waals surface area contributed by atoms with Crippen molar-refractivity contribution in [3.05, 3.63) is 29.6 Å². The largest absolute Gasteiger partial charge is 0.496 e. The fourth-order valence-corrected chi connectivity index (χ4v) is 2.35. The summed E-state index contributed by atoms with van der Waals surface area (Å²) in [4.78, 5) is 2.28. The Morgan fingerprint density at radius 3 is 2.47 bits per heavy atom. The maximum atomic E-state index is 13.9. The number of nitrogens with one attached hydrogen (secondary N) is 1. The van der Waals surface area contributed by atoms with Crippen LogP contribution in [0.5, 0.6) is 5.75 Å². The highest BCUT2D eigenvalue weighted by Crippen LogP contribution is 2.31. The van der Waals surface area contributed by atoms with Gasteiger partial charge in [0.25, 0.3) is 0 Å². The first kappa shape index (κ1) is 18.4. The highest BCUT2D eigenvalue weighted by molar-refractivity contribution is 5.85. The number of hydrogen-bond donors (Lipinski definition) is 1. The van der Waals surface area contributed by atoms with E-state index in [2.05, 4.69) is 10.2 Å². The average molecular weight is 311 g/mol. The van der Waals surface area contributed by atoms with Gasteiger partial charge in [-0.05, 0) is 19.1 Å². The molecule has 0 amide bonds. The van der Waals surface area contributed by atoms with Crippen molar-refractivity contribution in [2.24, 2.45) is 0 Å². The van der Waals surface area contributed by atoms with Gasteiger partial charge in [-0.2, -0.15) is 0 Å². The average Bonchev–Trinajstić information content (AvgIpc) is 2.38. The molecule has 1 atom stereocenters. The predicted molar refractivity (Wildman–Crippen MR) is 80.3 cm³/mol. The first-order chi connectivity index (χ1) is 8.24. The van der Waals surface area contributed by atoms with Gasteiger partial charge < -0.3 is 10.1 Å². The molecule has 0 spiro atoms. The van der Waals surface area contributed by atoms with Crippen molar-refractivity contribution in [1.29, 1.82) is 0 Å². The van der Waals surface area contributed by atoms with E-state index in [9.17, 15) is 4.39 Å². The first-order valence-corrected chi connectivity index (χ1v) is 6.01. The molecule has 0 aromatic heterocycles. The maximum absolute atomic E-state index is 13.9. The Labute approximate surface area is 126 Å². The lowest BCUT2D eigenvalue weighted by Gasteiger charge is -2.33. The molecule has 0 aliphatic carbocycles. The highest BCUT2D eigenvalue weighted by Gasteiger charge is 2.23. The van der Waals surface area contributed by atoms with Crippen molar-refractivity contribution in [3.8, 4) is 5.75 Å². The Morgan fingerprint density at radius 2 is 1.89 bits per heavy atom. The SMILES string of the molecule is COc1cccc(F)c1[C@@H](C)N1CCNCC1.Cl.Cl. The van der Waals surface area contributed by atoms with Gasteiger partial charge in [0.05, 0.1) is 7.11 Å². The zero-order chi connectivity index (χ0) is 12.3. The van der Waals surface area contributed by atoms with Crippen LogP contribution in [0, 0.1) is 5.82 Å². The van der Waals surface area contributed by atoms with Crippen LogP contribution >= 0.6 is 24.8 Å². The minimum absolute atomic E-state index is 0. The fourth-order valence-electron chi connectivity index (χ4n) is 2.35. The normalized spacial score (nSPS) is 17.0. The summed E-state index contributed by atoms with van der Waals surface area (Å²) in [5.74, 6) is 0.450. The Kier molecular flexibility index (Phi) is 8.34. The van der Waals surface area contributed by atoms with Crippen LogP contribution in [0.3, 0.4) is 0 Å². The summed E-state index contributed by atoms with van der Waals surface area (Å²) in [6.45, 7) is 5.84. The van der Waals surface area contributed by atoms with Gasteiger partial charge >= 0.3 is 0 Å². The topological polar surface area (TPSA) is 24.5 Å². The van der Waals surface area contributed by atoms with Gasteiger partial charge in [-0.25, -0.2) is 4.39 Å². The van der Waals surface area contributed by atoms with Crippen molar-refractivity contribution in [1.82, 2.24) is 10.2 Å². The van der Waals surface area contributed by atoms with E-state index in [1.54, 1.807) is 13.2 Å². The molecule has 1 aromatic rings. The molecule has 3 nitrogen and oxygen atoms in total. The molecule has 110 valence electrons. The summed E-state index contributed by atoms with van der Waals surface area (Å²) in [7, 11) is 1.59. The van der Waals surface area contributed by atoms with Gasteiger partial charge in [0.15, 0.2) is 0 Å². The van der Waals surface area contributed by atoms with Crippen molar-refractivity contribution < 1.29 is 9.13 Å². The van der Waals surface area contributed by atoms with Crippen LogP contribution < -0.4 is 10.1 Å². The molecule has 0 bridgehead atoms. The molecule has 2 rings (SSSR count). The van der Waals surface area contributed by atoms with E-state index < -0.39 is 0 Å². The van der Waals surface area contributed by atoms with E-state index in [1.807, 2.05) is 13.0 Å². The fraction of sp³-hybridized carbons (Fsp3) is 0.538. The standard InChI is InChI=1S/C13H19FN2O.2ClH/c1-10(16-8-6-15-7-9-16)13-11(14)4-3-5-12(13)17-2;;/h3-5,10,15H,6-9H2,1-2H3;2*1H/t10-;;/m1../s1. The number of benzene rings is 1. The number of halogens is 3. The van der Waals surface area contributed by atoms with E-state index in [0.717, 1.165) is 26.2 Å². The van der Waals surface area contributed by atoms with Gasteiger partial charge in [0, 0.05) is 37.8 Å². The van der Waals surface area contributed by atoms with E-state index in [4.69, 9.17) is 4.74 Å². The molecule has 0 saturated carbocycles. The van der Waals surface area contributed by atoms with Crippen LogP contribution in [0.15, 0.2) is 18.2 Å². The Hall–Kier alpha value is -0.550. The van der Waals surface area contributed by atoms with E-state index in [-0.39, 0.29) is 36.7 Å². The lowest BCUT2D eigenvalue weighted by Crippen LogP contribution is -2.44. The molecule has 1 heterocycles. The minimum atomic E-state index is -0.185. The molecule has 0 radical (unpaired) electrons. The molecule has 19 heavy (non-hydrogen) atoms. The third-order valence-corrected chi connectivity index (χ3v) is 3.35. The molecule has 1 aliphatic rings. The lowest BCUT2D eigenvalue weighted by molar-refractivity contribution is 0.179. The third kappa shape index (κ3) is 4.21. The Balaban J connectivity index is 0.00000162. The van der Waals surface area contributed by atoms with Crippen LogP contribution in [0.25, 0.3) is 0 Å². The van der Waals surface area contributed by atoms with Crippen LogP contribution in [0.4, 0.5) is 4.39 Å². The number of ether oxygens (including phenoxy) is 1. The maximum Gasteiger partial charge on any atom is 0.131 e. The van der Waals surface area contributed by atoms with Crippen LogP contribution in [-0.2, 0) is 0 Å². The van der Waals surface area contributed by atoms with Crippen LogP contribution in [0.2, 0.25) is 0 Å². The quantitative estimate of drug-likeness (QED) is 0.929. The van der Waals surface area contributed by atoms with Crippen molar-refractivity contribution in [2.45, 2.75) is 13.0 Å². The molecular formula is C13H21Cl2FN2O. The molecule has 1 aliphatic heterocycles. The summed E-state index contributed by atoms with van der Waals surface area (Å²) < 4.78 is 19.2. The van der Waals surface area contributed by atoms with E-state index in [0.29, 0.717) is 11.3 Å². The number of hydrogen-bond acceptors (Lipinski definition) is 3.